The van der Waals surface area contributed by atoms with Crippen LogP contribution in [0.1, 0.15) is 57.4 Å². The molecule has 0 radical (unpaired) electrons. The minimum atomic E-state index is 0.0535. The Morgan fingerprint density at radius 3 is 2.41 bits per heavy atom. The summed E-state index contributed by atoms with van der Waals surface area (Å²) in [5, 5.41) is 9.30. The second kappa shape index (κ2) is 7.90. The van der Waals surface area contributed by atoms with Crippen LogP contribution in [0.3, 0.4) is 0 Å². The van der Waals surface area contributed by atoms with E-state index in [0.717, 1.165) is 12.0 Å². The molecule has 0 fully saturated rings. The average Bonchev–Trinajstić information content (AvgIpc) is 2.37. The van der Waals surface area contributed by atoms with Crippen molar-refractivity contribution < 1.29 is 0 Å². The van der Waals surface area contributed by atoms with Crippen molar-refractivity contribution in [2.24, 2.45) is 5.92 Å². The molecule has 0 N–H and O–H groups in total. The Kier molecular flexibility index (Phi) is 6.40. The van der Waals surface area contributed by atoms with Crippen LogP contribution < -0.4 is 0 Å². The molecule has 1 aromatic carbocycles. The van der Waals surface area contributed by atoms with Gasteiger partial charge in [0.1, 0.15) is 0 Å². The quantitative estimate of drug-likeness (QED) is 0.610. The fourth-order valence-corrected chi connectivity index (χ4v) is 2.25. The highest BCUT2D eigenvalue weighted by Crippen LogP contribution is 2.27. The summed E-state index contributed by atoms with van der Waals surface area (Å²) in [7, 11) is 0. The fraction of sp³-hybridized carbons (Fsp3) is 0.562. The van der Waals surface area contributed by atoms with Gasteiger partial charge in [-0.1, -0.05) is 69.9 Å². The van der Waals surface area contributed by atoms with Crippen LogP contribution in [-0.4, -0.2) is 0 Å². The number of unbranched alkanes of at least 4 members (excludes halogenated alkanes) is 3. The smallest absolute Gasteiger partial charge is 0.0738 e. The lowest BCUT2D eigenvalue weighted by molar-refractivity contribution is 0.457. The Morgan fingerprint density at radius 1 is 1.12 bits per heavy atom. The second-order valence-electron chi connectivity index (χ2n) is 4.84. The fourth-order valence-electron chi connectivity index (χ4n) is 2.25. The molecule has 0 aliphatic heterocycles. The number of rotatable bonds is 7. The largest absolute Gasteiger partial charge is 0.198 e. The molecule has 0 aliphatic rings. The Hall–Kier alpha value is -1.29. The number of benzene rings is 1. The predicted octanol–water partition coefficient (Wildman–Crippen LogP) is 4.90. The van der Waals surface area contributed by atoms with Gasteiger partial charge in [0.25, 0.3) is 0 Å². The topological polar surface area (TPSA) is 23.8 Å². The minimum Gasteiger partial charge on any atom is -0.198 e. The molecular formula is C16H23N. The third-order valence-corrected chi connectivity index (χ3v) is 3.38. The monoisotopic (exact) mass is 229 g/mol. The average molecular weight is 229 g/mol. The van der Waals surface area contributed by atoms with E-state index in [4.69, 9.17) is 0 Å². The van der Waals surface area contributed by atoms with Crippen molar-refractivity contribution in [3.05, 3.63) is 35.9 Å². The van der Waals surface area contributed by atoms with Crippen LogP contribution in [0.2, 0.25) is 0 Å². The lowest BCUT2D eigenvalue weighted by Crippen LogP contribution is -2.08. The first-order chi connectivity index (χ1) is 8.29. The van der Waals surface area contributed by atoms with Crippen LogP contribution in [0, 0.1) is 17.2 Å². The van der Waals surface area contributed by atoms with Gasteiger partial charge in [-0.2, -0.15) is 5.26 Å². The van der Waals surface area contributed by atoms with Gasteiger partial charge < -0.3 is 0 Å². The number of nitrogens with zero attached hydrogens (tertiary/aromatic N) is 1. The van der Waals surface area contributed by atoms with Gasteiger partial charge in [0, 0.05) is 0 Å². The minimum absolute atomic E-state index is 0.0535. The molecule has 0 spiro atoms. The van der Waals surface area contributed by atoms with Crippen molar-refractivity contribution >= 4 is 0 Å². The van der Waals surface area contributed by atoms with E-state index in [-0.39, 0.29) is 5.92 Å². The molecular weight excluding hydrogens is 206 g/mol. The molecule has 2 atom stereocenters. The van der Waals surface area contributed by atoms with Gasteiger partial charge in [0.2, 0.25) is 0 Å². The zero-order valence-corrected chi connectivity index (χ0v) is 11.0. The van der Waals surface area contributed by atoms with E-state index in [1.807, 2.05) is 18.2 Å². The number of hydrogen-bond donors (Lipinski definition) is 0. The molecule has 0 saturated carbocycles. The molecule has 0 amide bonds. The van der Waals surface area contributed by atoms with E-state index in [1.165, 1.54) is 25.7 Å². The summed E-state index contributed by atoms with van der Waals surface area (Å²) in [5.41, 5.74) is 1.16. The van der Waals surface area contributed by atoms with Gasteiger partial charge in [0.05, 0.1) is 12.0 Å². The van der Waals surface area contributed by atoms with Crippen LogP contribution in [0.25, 0.3) is 0 Å². The Bertz CT molecular complexity index is 336. The zero-order chi connectivity index (χ0) is 12.5. The Balaban J connectivity index is 2.48. The molecule has 0 bridgehead atoms. The Morgan fingerprint density at radius 2 is 1.82 bits per heavy atom. The molecule has 17 heavy (non-hydrogen) atoms. The van der Waals surface area contributed by atoms with E-state index in [2.05, 4.69) is 32.0 Å². The highest BCUT2D eigenvalue weighted by Gasteiger charge is 2.17. The van der Waals surface area contributed by atoms with Crippen LogP contribution >= 0.6 is 0 Å². The lowest BCUT2D eigenvalue weighted by Gasteiger charge is -2.17. The van der Waals surface area contributed by atoms with Gasteiger partial charge in [-0.3, -0.25) is 0 Å². The molecule has 1 heteroatoms. The summed E-state index contributed by atoms with van der Waals surface area (Å²) in [4.78, 5) is 0. The van der Waals surface area contributed by atoms with E-state index in [9.17, 15) is 5.26 Å². The van der Waals surface area contributed by atoms with Crippen molar-refractivity contribution in [2.45, 2.75) is 51.9 Å². The third-order valence-electron chi connectivity index (χ3n) is 3.38. The SMILES string of the molecule is CCCCCCC(C)C(C#N)c1ccccc1. The summed E-state index contributed by atoms with van der Waals surface area (Å²) in [6.07, 6.45) is 6.30. The zero-order valence-electron chi connectivity index (χ0n) is 11.0. The van der Waals surface area contributed by atoms with Crippen LogP contribution in [0.5, 0.6) is 0 Å². The summed E-state index contributed by atoms with van der Waals surface area (Å²) in [5.74, 6) is 0.511. The maximum Gasteiger partial charge on any atom is 0.0738 e. The highest BCUT2D eigenvalue weighted by atomic mass is 14.3. The van der Waals surface area contributed by atoms with E-state index >= 15 is 0 Å². The van der Waals surface area contributed by atoms with Crippen LogP contribution in [0.15, 0.2) is 30.3 Å². The third kappa shape index (κ3) is 4.61. The van der Waals surface area contributed by atoms with Gasteiger partial charge in [0.15, 0.2) is 0 Å². The van der Waals surface area contributed by atoms with Crippen molar-refractivity contribution in [1.29, 1.82) is 5.26 Å². The molecule has 1 aromatic rings. The second-order valence-corrected chi connectivity index (χ2v) is 4.84. The Labute approximate surface area is 105 Å². The van der Waals surface area contributed by atoms with E-state index < -0.39 is 0 Å². The molecule has 0 heterocycles. The molecule has 0 aliphatic carbocycles. The molecule has 0 saturated heterocycles. The summed E-state index contributed by atoms with van der Waals surface area (Å²) in [6.45, 7) is 4.43. The van der Waals surface area contributed by atoms with Gasteiger partial charge >= 0.3 is 0 Å². The van der Waals surface area contributed by atoms with Gasteiger partial charge in [-0.15, -0.1) is 0 Å². The molecule has 1 nitrogen and oxygen atoms in total. The van der Waals surface area contributed by atoms with Gasteiger partial charge in [-0.05, 0) is 17.9 Å². The van der Waals surface area contributed by atoms with E-state index in [0.29, 0.717) is 5.92 Å². The molecule has 2 unspecified atom stereocenters. The van der Waals surface area contributed by atoms with Crippen molar-refractivity contribution in [3.8, 4) is 6.07 Å². The first-order valence-corrected chi connectivity index (χ1v) is 6.74. The summed E-state index contributed by atoms with van der Waals surface area (Å²) >= 11 is 0. The van der Waals surface area contributed by atoms with Crippen molar-refractivity contribution in [1.82, 2.24) is 0 Å². The maximum absolute atomic E-state index is 9.30. The maximum atomic E-state index is 9.30. The first-order valence-electron chi connectivity index (χ1n) is 6.74. The van der Waals surface area contributed by atoms with Crippen molar-refractivity contribution in [3.63, 3.8) is 0 Å². The summed E-state index contributed by atoms with van der Waals surface area (Å²) < 4.78 is 0. The summed E-state index contributed by atoms with van der Waals surface area (Å²) in [6, 6.07) is 12.6. The van der Waals surface area contributed by atoms with Gasteiger partial charge in [-0.25, -0.2) is 0 Å². The predicted molar refractivity (Wildman–Crippen MR) is 72.7 cm³/mol. The standard InChI is InChI=1S/C16H23N/c1-3-4-5-7-10-14(2)16(13-17)15-11-8-6-9-12-15/h6,8-9,11-12,14,16H,3-5,7,10H2,1-2H3. The van der Waals surface area contributed by atoms with Crippen molar-refractivity contribution in [2.75, 3.05) is 0 Å². The molecule has 92 valence electrons. The first kappa shape index (κ1) is 13.8. The van der Waals surface area contributed by atoms with Crippen LogP contribution in [-0.2, 0) is 0 Å². The number of nitriles is 1. The number of hydrogen-bond acceptors (Lipinski definition) is 1. The molecule has 0 aromatic heterocycles. The lowest BCUT2D eigenvalue weighted by atomic mass is 9.85. The van der Waals surface area contributed by atoms with E-state index in [1.54, 1.807) is 0 Å². The molecule has 1 rings (SSSR count). The van der Waals surface area contributed by atoms with Crippen LogP contribution in [0.4, 0.5) is 0 Å². The normalized spacial score (nSPS) is 13.9. The highest BCUT2D eigenvalue weighted by molar-refractivity contribution is 5.25.